The third-order valence-corrected chi connectivity index (χ3v) is 6.87. The Balaban J connectivity index is 1.79. The number of aliphatic imine (C=N–C) groups is 1. The molecule has 1 fully saturated rings. The fraction of sp³-hybridized carbons (Fsp3) is 0.364. The lowest BCUT2D eigenvalue weighted by molar-refractivity contribution is -0.137. The average molecular weight is 493 g/mol. The zero-order valence-corrected chi connectivity index (χ0v) is 19.3. The summed E-state index contributed by atoms with van der Waals surface area (Å²) < 4.78 is 18.8. The molecular weight excluding hydrogens is 471 g/mol. The van der Waals surface area contributed by atoms with Crippen LogP contribution in [0, 0.1) is 11.7 Å². The molecule has 33 heavy (non-hydrogen) atoms. The van der Waals surface area contributed by atoms with E-state index in [1.54, 1.807) is 11.1 Å². The van der Waals surface area contributed by atoms with Crippen LogP contribution < -0.4 is 5.32 Å². The van der Waals surface area contributed by atoms with Gasteiger partial charge < -0.3 is 20.1 Å². The fourth-order valence-corrected chi connectivity index (χ4v) is 4.99. The number of aliphatic hydroxyl groups excluding tert-OH is 1. The Hall–Kier alpha value is -2.82. The number of rotatable bonds is 5. The van der Waals surface area contributed by atoms with Gasteiger partial charge >= 0.3 is 5.97 Å². The molecule has 0 bridgehead atoms. The van der Waals surface area contributed by atoms with Gasteiger partial charge in [0.25, 0.3) is 0 Å². The van der Waals surface area contributed by atoms with Crippen molar-refractivity contribution in [3.8, 4) is 0 Å². The van der Waals surface area contributed by atoms with Crippen LogP contribution in [0.1, 0.15) is 29.5 Å². The molecule has 0 radical (unpaired) electrons. The number of piperidine rings is 1. The number of amidine groups is 1. The summed E-state index contributed by atoms with van der Waals surface area (Å²) in [5.74, 6) is -1.01. The Bertz CT molecular complexity index is 1110. The quantitative estimate of drug-likeness (QED) is 0.622. The first-order valence-electron chi connectivity index (χ1n) is 10.3. The molecule has 0 spiro atoms. The number of nitrogens with zero attached hydrogens (tertiary/aromatic N) is 3. The average Bonchev–Trinajstić information content (AvgIpc) is 3.37. The molecule has 2 aliphatic rings. The number of benzene rings is 1. The lowest BCUT2D eigenvalue weighted by Crippen LogP contribution is -2.44. The van der Waals surface area contributed by atoms with E-state index in [-0.39, 0.29) is 16.8 Å². The number of thiazole rings is 1. The van der Waals surface area contributed by atoms with E-state index in [0.29, 0.717) is 53.6 Å². The number of carbonyl (C=O) groups is 2. The minimum atomic E-state index is -0.821. The first-order chi connectivity index (χ1) is 15.9. The Kier molecular flexibility index (Phi) is 7.06. The molecule has 0 saturated carbocycles. The predicted molar refractivity (Wildman–Crippen MR) is 121 cm³/mol. The predicted octanol–water partition coefficient (Wildman–Crippen LogP) is 2.68. The number of esters is 1. The number of hydrogen-bond donors (Lipinski definition) is 2. The van der Waals surface area contributed by atoms with Gasteiger partial charge in [0.15, 0.2) is 10.8 Å². The second-order valence-corrected chi connectivity index (χ2v) is 8.94. The molecule has 1 saturated heterocycles. The number of hydrogen-bond acceptors (Lipinski definition) is 8. The number of halogens is 2. The Morgan fingerprint density at radius 3 is 2.73 bits per heavy atom. The van der Waals surface area contributed by atoms with Crippen LogP contribution >= 0.6 is 22.9 Å². The van der Waals surface area contributed by atoms with E-state index in [4.69, 9.17) is 26.4 Å². The van der Waals surface area contributed by atoms with Gasteiger partial charge in [-0.1, -0.05) is 17.7 Å². The summed E-state index contributed by atoms with van der Waals surface area (Å²) in [4.78, 5) is 35.5. The Morgan fingerprint density at radius 2 is 2.12 bits per heavy atom. The number of carbonyl (C=O) groups excluding carboxylic acids is 2. The molecule has 1 unspecified atom stereocenters. The van der Waals surface area contributed by atoms with Gasteiger partial charge in [-0.05, 0) is 25.0 Å². The van der Waals surface area contributed by atoms with Crippen LogP contribution in [-0.4, -0.2) is 59.5 Å². The molecule has 2 aliphatic heterocycles. The summed E-state index contributed by atoms with van der Waals surface area (Å²) in [6.45, 7) is 0.343. The summed E-state index contributed by atoms with van der Waals surface area (Å²) in [6.07, 6.45) is 2.80. The zero-order chi connectivity index (χ0) is 23.5. The van der Waals surface area contributed by atoms with Gasteiger partial charge in [0.05, 0.1) is 12.7 Å². The second kappa shape index (κ2) is 9.98. The second-order valence-electron chi connectivity index (χ2n) is 7.64. The molecular formula is C22H22ClFN4O4S. The maximum atomic E-state index is 13.7. The first kappa shape index (κ1) is 23.3. The molecule has 4 rings (SSSR count). The van der Waals surface area contributed by atoms with E-state index in [9.17, 15) is 14.0 Å². The smallest absolute Gasteiger partial charge is 0.338 e. The summed E-state index contributed by atoms with van der Waals surface area (Å²) in [7, 11) is 1.29. The van der Waals surface area contributed by atoms with Gasteiger partial charge in [0, 0.05) is 46.9 Å². The molecule has 1 aromatic carbocycles. The van der Waals surface area contributed by atoms with Crippen molar-refractivity contribution < 1.29 is 23.8 Å². The SMILES string of the molecule is COC(=O)C1=C(C2CCN(C(=O)CO)CC2)NC(c2nccs2)=NC1c1ccc(F)cc1Cl. The number of ether oxygens (including phenoxy) is 1. The third kappa shape index (κ3) is 4.78. The van der Waals surface area contributed by atoms with Crippen molar-refractivity contribution in [2.24, 2.45) is 10.9 Å². The van der Waals surface area contributed by atoms with E-state index < -0.39 is 24.4 Å². The number of allylic oxidation sites excluding steroid dienone is 1. The topological polar surface area (TPSA) is 104 Å². The van der Waals surface area contributed by atoms with Crippen LogP contribution in [0.2, 0.25) is 5.02 Å². The number of nitrogens with one attached hydrogen (secondary N) is 1. The molecule has 8 nitrogen and oxygen atoms in total. The van der Waals surface area contributed by atoms with E-state index in [2.05, 4.69) is 10.3 Å². The highest BCUT2D eigenvalue weighted by atomic mass is 35.5. The highest BCUT2D eigenvalue weighted by molar-refractivity contribution is 7.11. The zero-order valence-electron chi connectivity index (χ0n) is 17.8. The fourth-order valence-electron chi connectivity index (χ4n) is 4.14. The van der Waals surface area contributed by atoms with Crippen molar-refractivity contribution in [3.63, 3.8) is 0 Å². The molecule has 2 N–H and O–H groups in total. The number of aromatic nitrogens is 1. The monoisotopic (exact) mass is 492 g/mol. The van der Waals surface area contributed by atoms with Gasteiger partial charge in [-0.2, -0.15) is 0 Å². The van der Waals surface area contributed by atoms with Gasteiger partial charge in [0.2, 0.25) is 5.91 Å². The van der Waals surface area contributed by atoms with Crippen LogP contribution in [0.25, 0.3) is 0 Å². The van der Waals surface area contributed by atoms with Crippen LogP contribution in [0.4, 0.5) is 4.39 Å². The van der Waals surface area contributed by atoms with Gasteiger partial charge in [-0.15, -0.1) is 11.3 Å². The molecule has 2 aromatic rings. The van der Waals surface area contributed by atoms with Crippen LogP contribution in [-0.2, 0) is 14.3 Å². The lowest BCUT2D eigenvalue weighted by atomic mass is 9.85. The Labute approximate surface area is 198 Å². The third-order valence-electron chi connectivity index (χ3n) is 5.76. The van der Waals surface area contributed by atoms with E-state index in [1.165, 1.54) is 36.6 Å². The van der Waals surface area contributed by atoms with Crippen molar-refractivity contribution in [1.29, 1.82) is 0 Å². The van der Waals surface area contributed by atoms with Crippen molar-refractivity contribution >= 4 is 40.6 Å². The molecule has 0 aliphatic carbocycles. The van der Waals surface area contributed by atoms with Crippen LogP contribution in [0.15, 0.2) is 46.0 Å². The summed E-state index contributed by atoms with van der Waals surface area (Å²) in [5.41, 5.74) is 1.39. The van der Waals surface area contributed by atoms with E-state index in [1.807, 2.05) is 5.38 Å². The van der Waals surface area contributed by atoms with Gasteiger partial charge in [-0.25, -0.2) is 14.2 Å². The molecule has 3 heterocycles. The number of aliphatic hydroxyl groups is 1. The van der Waals surface area contributed by atoms with Crippen molar-refractivity contribution in [1.82, 2.24) is 15.2 Å². The van der Waals surface area contributed by atoms with Crippen LogP contribution in [0.5, 0.6) is 0 Å². The van der Waals surface area contributed by atoms with Crippen molar-refractivity contribution in [2.45, 2.75) is 18.9 Å². The molecule has 1 atom stereocenters. The highest BCUT2D eigenvalue weighted by Crippen LogP contribution is 2.40. The maximum Gasteiger partial charge on any atom is 0.338 e. The molecule has 11 heteroatoms. The minimum absolute atomic E-state index is 0.103. The maximum absolute atomic E-state index is 13.7. The minimum Gasteiger partial charge on any atom is -0.466 e. The van der Waals surface area contributed by atoms with E-state index in [0.717, 1.165) is 0 Å². The molecule has 1 aromatic heterocycles. The summed E-state index contributed by atoms with van der Waals surface area (Å²) in [5, 5.41) is 15.0. The van der Waals surface area contributed by atoms with Crippen molar-refractivity contribution in [2.75, 3.05) is 26.8 Å². The van der Waals surface area contributed by atoms with Gasteiger partial charge in [-0.3, -0.25) is 9.79 Å². The highest BCUT2D eigenvalue weighted by Gasteiger charge is 2.37. The largest absolute Gasteiger partial charge is 0.466 e. The number of likely N-dealkylation sites (tertiary alicyclic amines) is 1. The summed E-state index contributed by atoms with van der Waals surface area (Å²) >= 11 is 7.75. The molecule has 174 valence electrons. The number of methoxy groups -OCH3 is 1. The van der Waals surface area contributed by atoms with Gasteiger partial charge in [0.1, 0.15) is 18.5 Å². The molecule has 1 amide bonds. The standard InChI is InChI=1S/C22H22ClFN4O4S/c1-32-22(31)17-18(12-4-7-28(8-5-12)16(30)11-29)26-20(21-25-6-9-33-21)27-19(17)14-3-2-13(24)10-15(14)23/h2-3,6,9-10,12,19,29H,4-5,7-8,11H2,1H3,(H,26,27). The normalized spacial score (nSPS) is 19.2. The summed E-state index contributed by atoms with van der Waals surface area (Å²) in [6, 6.07) is 3.15. The first-order valence-corrected chi connectivity index (χ1v) is 11.6. The Morgan fingerprint density at radius 1 is 1.36 bits per heavy atom. The van der Waals surface area contributed by atoms with Crippen molar-refractivity contribution in [3.05, 3.63) is 62.5 Å². The lowest BCUT2D eigenvalue weighted by Gasteiger charge is -2.36. The van der Waals surface area contributed by atoms with Crippen LogP contribution in [0.3, 0.4) is 0 Å². The number of amides is 1. The van der Waals surface area contributed by atoms with E-state index >= 15 is 0 Å².